The van der Waals surface area contributed by atoms with Gasteiger partial charge in [0, 0.05) is 6.20 Å². The first-order valence-electron chi connectivity index (χ1n) is 8.82. The standard InChI is InChI=1S/C21H33N/c1-7-18(19-16(2)9-8-14-22-19)17-10-12-21(6,13-11-17)15-20(3,4)5/h7-9,14,17H,10-13,15H2,1-6H3/b18-7-. The van der Waals surface area contributed by atoms with Crippen LogP contribution in [-0.2, 0) is 0 Å². The van der Waals surface area contributed by atoms with Gasteiger partial charge >= 0.3 is 0 Å². The van der Waals surface area contributed by atoms with Crippen molar-refractivity contribution in [3.63, 3.8) is 0 Å². The third-order valence-electron chi connectivity index (χ3n) is 5.18. The lowest BCUT2D eigenvalue weighted by Gasteiger charge is -2.42. The zero-order valence-electron chi connectivity index (χ0n) is 15.4. The fraction of sp³-hybridized carbons (Fsp3) is 0.667. The van der Waals surface area contributed by atoms with Crippen molar-refractivity contribution in [3.05, 3.63) is 35.7 Å². The van der Waals surface area contributed by atoms with Gasteiger partial charge in [-0.05, 0) is 79.9 Å². The van der Waals surface area contributed by atoms with E-state index in [1.54, 1.807) is 0 Å². The Bertz CT molecular complexity index is 525. The minimum Gasteiger partial charge on any atom is -0.256 e. The molecule has 0 radical (unpaired) electrons. The quantitative estimate of drug-likeness (QED) is 0.627. The molecule has 1 aromatic rings. The maximum Gasteiger partial charge on any atom is 0.0690 e. The van der Waals surface area contributed by atoms with E-state index in [2.05, 4.69) is 58.7 Å². The fourth-order valence-corrected chi connectivity index (χ4v) is 4.44. The van der Waals surface area contributed by atoms with E-state index in [1.165, 1.54) is 48.9 Å². The normalized spacial score (nSPS) is 27.0. The summed E-state index contributed by atoms with van der Waals surface area (Å²) in [5.41, 5.74) is 4.94. The van der Waals surface area contributed by atoms with Gasteiger partial charge in [-0.15, -0.1) is 0 Å². The Morgan fingerprint density at radius 2 is 1.95 bits per heavy atom. The number of allylic oxidation sites excluding steroid dienone is 2. The second-order valence-electron chi connectivity index (χ2n) is 8.74. The highest BCUT2D eigenvalue weighted by molar-refractivity contribution is 5.66. The highest BCUT2D eigenvalue weighted by Gasteiger charge is 2.35. The van der Waals surface area contributed by atoms with E-state index in [1.807, 2.05) is 12.3 Å². The predicted molar refractivity (Wildman–Crippen MR) is 96.8 cm³/mol. The van der Waals surface area contributed by atoms with Crippen LogP contribution in [0.15, 0.2) is 24.4 Å². The molecule has 0 saturated heterocycles. The van der Waals surface area contributed by atoms with Gasteiger partial charge in [-0.1, -0.05) is 39.8 Å². The van der Waals surface area contributed by atoms with E-state index >= 15 is 0 Å². The molecule has 0 amide bonds. The van der Waals surface area contributed by atoms with Crippen LogP contribution in [0.2, 0.25) is 0 Å². The summed E-state index contributed by atoms with van der Waals surface area (Å²) in [4.78, 5) is 4.65. The molecular weight excluding hydrogens is 266 g/mol. The number of hydrogen-bond donors (Lipinski definition) is 0. The van der Waals surface area contributed by atoms with Crippen LogP contribution in [0.3, 0.4) is 0 Å². The lowest BCUT2D eigenvalue weighted by Crippen LogP contribution is -2.29. The van der Waals surface area contributed by atoms with Gasteiger partial charge in [0.1, 0.15) is 0 Å². The Morgan fingerprint density at radius 3 is 2.45 bits per heavy atom. The van der Waals surface area contributed by atoms with Crippen LogP contribution in [0.4, 0.5) is 0 Å². The predicted octanol–water partition coefficient (Wildman–Crippen LogP) is 6.43. The van der Waals surface area contributed by atoms with Crippen LogP contribution in [-0.4, -0.2) is 4.98 Å². The summed E-state index contributed by atoms with van der Waals surface area (Å²) in [7, 11) is 0. The molecular formula is C21H33N. The minimum absolute atomic E-state index is 0.433. The molecule has 0 aromatic carbocycles. The number of nitrogens with zero attached hydrogens (tertiary/aromatic N) is 1. The first-order valence-corrected chi connectivity index (χ1v) is 8.82. The fourth-order valence-electron chi connectivity index (χ4n) is 4.44. The maximum atomic E-state index is 4.65. The molecule has 1 nitrogen and oxygen atoms in total. The number of aryl methyl sites for hydroxylation is 1. The molecule has 22 heavy (non-hydrogen) atoms. The third kappa shape index (κ3) is 4.21. The van der Waals surface area contributed by atoms with Gasteiger partial charge in [0.2, 0.25) is 0 Å². The van der Waals surface area contributed by atoms with E-state index in [0.717, 1.165) is 0 Å². The topological polar surface area (TPSA) is 12.9 Å². The average molecular weight is 300 g/mol. The van der Waals surface area contributed by atoms with Crippen molar-refractivity contribution in [2.24, 2.45) is 16.7 Å². The van der Waals surface area contributed by atoms with E-state index in [4.69, 9.17) is 0 Å². The Labute approximate surface area is 137 Å². The van der Waals surface area contributed by atoms with Crippen molar-refractivity contribution >= 4 is 5.57 Å². The average Bonchev–Trinajstić information content (AvgIpc) is 2.41. The Morgan fingerprint density at radius 1 is 1.32 bits per heavy atom. The highest BCUT2D eigenvalue weighted by Crippen LogP contribution is 2.48. The molecule has 2 rings (SSSR count). The van der Waals surface area contributed by atoms with Crippen molar-refractivity contribution in [2.75, 3.05) is 0 Å². The van der Waals surface area contributed by atoms with Crippen molar-refractivity contribution in [1.82, 2.24) is 4.98 Å². The Kier molecular flexibility index (Phi) is 5.14. The summed E-state index contributed by atoms with van der Waals surface area (Å²) in [6.07, 6.45) is 10.9. The van der Waals surface area contributed by atoms with Crippen molar-refractivity contribution in [2.45, 2.75) is 73.6 Å². The van der Waals surface area contributed by atoms with Crippen LogP contribution < -0.4 is 0 Å². The molecule has 1 saturated carbocycles. The third-order valence-corrected chi connectivity index (χ3v) is 5.18. The lowest BCUT2D eigenvalue weighted by atomic mass is 9.64. The van der Waals surface area contributed by atoms with E-state index in [0.29, 0.717) is 16.7 Å². The molecule has 1 aromatic heterocycles. The number of pyridine rings is 1. The molecule has 1 fully saturated rings. The lowest BCUT2D eigenvalue weighted by molar-refractivity contribution is 0.121. The Balaban J connectivity index is 2.09. The van der Waals surface area contributed by atoms with Gasteiger partial charge in [-0.25, -0.2) is 0 Å². The first-order chi connectivity index (χ1) is 10.2. The molecule has 0 N–H and O–H groups in total. The largest absolute Gasteiger partial charge is 0.256 e. The second-order valence-corrected chi connectivity index (χ2v) is 8.74. The molecule has 1 heterocycles. The Hall–Kier alpha value is -1.11. The summed E-state index contributed by atoms with van der Waals surface area (Å²) in [5.74, 6) is 0.687. The molecule has 1 aliphatic rings. The number of rotatable bonds is 3. The maximum absolute atomic E-state index is 4.65. The monoisotopic (exact) mass is 299 g/mol. The smallest absolute Gasteiger partial charge is 0.0690 e. The van der Waals surface area contributed by atoms with Gasteiger partial charge in [-0.2, -0.15) is 0 Å². The van der Waals surface area contributed by atoms with Crippen LogP contribution >= 0.6 is 0 Å². The summed E-state index contributed by atoms with van der Waals surface area (Å²) < 4.78 is 0. The van der Waals surface area contributed by atoms with Crippen LogP contribution in [0.5, 0.6) is 0 Å². The van der Waals surface area contributed by atoms with Gasteiger partial charge < -0.3 is 0 Å². The summed E-state index contributed by atoms with van der Waals surface area (Å²) in [6.45, 7) is 14.0. The number of hydrogen-bond acceptors (Lipinski definition) is 1. The van der Waals surface area contributed by atoms with Gasteiger partial charge in [-0.3, -0.25) is 4.98 Å². The van der Waals surface area contributed by atoms with Gasteiger partial charge in [0.25, 0.3) is 0 Å². The molecule has 0 aliphatic heterocycles. The van der Waals surface area contributed by atoms with Crippen LogP contribution in [0.25, 0.3) is 5.57 Å². The van der Waals surface area contributed by atoms with Crippen molar-refractivity contribution < 1.29 is 0 Å². The minimum atomic E-state index is 0.433. The second kappa shape index (κ2) is 6.56. The van der Waals surface area contributed by atoms with E-state index in [-0.39, 0.29) is 0 Å². The van der Waals surface area contributed by atoms with Crippen LogP contribution in [0, 0.1) is 23.7 Å². The molecule has 1 heteroatoms. The summed E-state index contributed by atoms with van der Waals surface area (Å²) >= 11 is 0. The van der Waals surface area contributed by atoms with Gasteiger partial charge in [0.05, 0.1) is 5.69 Å². The van der Waals surface area contributed by atoms with E-state index in [9.17, 15) is 0 Å². The van der Waals surface area contributed by atoms with Crippen LogP contribution in [0.1, 0.15) is 78.0 Å². The van der Waals surface area contributed by atoms with Gasteiger partial charge in [0.15, 0.2) is 0 Å². The number of aromatic nitrogens is 1. The van der Waals surface area contributed by atoms with E-state index < -0.39 is 0 Å². The summed E-state index contributed by atoms with van der Waals surface area (Å²) in [6, 6.07) is 4.21. The molecule has 0 spiro atoms. The summed E-state index contributed by atoms with van der Waals surface area (Å²) in [5, 5.41) is 0. The first kappa shape index (κ1) is 17.2. The molecule has 122 valence electrons. The molecule has 0 bridgehead atoms. The zero-order valence-corrected chi connectivity index (χ0v) is 15.4. The van der Waals surface area contributed by atoms with Crippen molar-refractivity contribution in [1.29, 1.82) is 0 Å². The highest BCUT2D eigenvalue weighted by atomic mass is 14.7. The zero-order chi connectivity index (χ0) is 16.4. The van der Waals surface area contributed by atoms with Crippen molar-refractivity contribution in [3.8, 4) is 0 Å². The molecule has 1 aliphatic carbocycles. The molecule has 0 unspecified atom stereocenters. The molecule has 0 atom stereocenters. The SMILES string of the molecule is C/C=C(\c1ncccc1C)C1CCC(C)(CC(C)(C)C)CC1.